The van der Waals surface area contributed by atoms with Gasteiger partial charge in [-0.25, -0.2) is 0 Å². The largest absolute Gasteiger partial charge is 0.468 e. The molecule has 0 radical (unpaired) electrons. The van der Waals surface area contributed by atoms with Crippen LogP contribution in [0.2, 0.25) is 0 Å². The topological polar surface area (TPSA) is 28.4 Å². The zero-order chi connectivity index (χ0) is 11.2. The summed E-state index contributed by atoms with van der Waals surface area (Å²) in [6.07, 6.45) is 5.73. The number of furan rings is 1. The minimum Gasteiger partial charge on any atom is -0.468 e. The van der Waals surface area contributed by atoms with E-state index in [4.69, 9.17) is 4.42 Å². The average molecular weight is 222 g/mol. The highest BCUT2D eigenvalue weighted by Crippen LogP contribution is 2.12. The molecule has 0 amide bonds. The Labute approximate surface area is 97.8 Å². The Morgan fingerprint density at radius 1 is 1.44 bits per heavy atom. The second-order valence-electron chi connectivity index (χ2n) is 4.59. The normalized spacial score (nSPS) is 19.1. The van der Waals surface area contributed by atoms with Gasteiger partial charge in [0.1, 0.15) is 5.76 Å². The van der Waals surface area contributed by atoms with Crippen molar-refractivity contribution in [2.24, 2.45) is 0 Å². The van der Waals surface area contributed by atoms with Gasteiger partial charge in [-0.3, -0.25) is 0 Å². The molecule has 1 aromatic rings. The smallest absolute Gasteiger partial charge is 0.120 e. The van der Waals surface area contributed by atoms with Gasteiger partial charge in [0.25, 0.3) is 0 Å². The molecule has 0 spiro atoms. The second-order valence-corrected chi connectivity index (χ2v) is 4.59. The van der Waals surface area contributed by atoms with Crippen LogP contribution < -0.4 is 5.32 Å². The maximum atomic E-state index is 5.35. The van der Waals surface area contributed by atoms with Crippen LogP contribution in [0, 0.1) is 0 Å². The molecule has 1 aromatic heterocycles. The van der Waals surface area contributed by atoms with Crippen LogP contribution in [0.1, 0.15) is 38.0 Å². The van der Waals surface area contributed by atoms with Crippen LogP contribution in [-0.4, -0.2) is 31.1 Å². The summed E-state index contributed by atoms with van der Waals surface area (Å²) >= 11 is 0. The van der Waals surface area contributed by atoms with Crippen molar-refractivity contribution in [1.29, 1.82) is 0 Å². The standard InChI is InChI=1S/C13H22N2O/c1-12(13-6-4-11-16-13)14-7-5-10-15-8-2-3-9-15/h4,6,11-12,14H,2-3,5,7-10H2,1H3/t12-/m1/s1. The van der Waals surface area contributed by atoms with Crippen molar-refractivity contribution in [3.63, 3.8) is 0 Å². The van der Waals surface area contributed by atoms with Gasteiger partial charge in [-0.2, -0.15) is 0 Å². The number of nitrogens with zero attached hydrogens (tertiary/aromatic N) is 1. The van der Waals surface area contributed by atoms with Gasteiger partial charge in [-0.1, -0.05) is 0 Å². The van der Waals surface area contributed by atoms with E-state index in [9.17, 15) is 0 Å². The van der Waals surface area contributed by atoms with E-state index in [1.807, 2.05) is 12.1 Å². The fourth-order valence-corrected chi connectivity index (χ4v) is 2.27. The monoisotopic (exact) mass is 222 g/mol. The van der Waals surface area contributed by atoms with Gasteiger partial charge in [0.05, 0.1) is 12.3 Å². The summed E-state index contributed by atoms with van der Waals surface area (Å²) in [5.74, 6) is 1.03. The highest BCUT2D eigenvalue weighted by Gasteiger charge is 2.11. The van der Waals surface area contributed by atoms with E-state index in [2.05, 4.69) is 17.1 Å². The Balaban J connectivity index is 1.57. The molecule has 1 fully saturated rings. The molecule has 1 N–H and O–H groups in total. The van der Waals surface area contributed by atoms with Crippen LogP contribution in [0.4, 0.5) is 0 Å². The average Bonchev–Trinajstić information content (AvgIpc) is 2.96. The van der Waals surface area contributed by atoms with Crippen LogP contribution >= 0.6 is 0 Å². The SMILES string of the molecule is C[C@@H](NCCCN1CCCC1)c1ccco1. The number of likely N-dealkylation sites (tertiary alicyclic amines) is 1. The number of hydrogen-bond acceptors (Lipinski definition) is 3. The molecule has 2 heterocycles. The summed E-state index contributed by atoms with van der Waals surface area (Å²) in [5.41, 5.74) is 0. The van der Waals surface area contributed by atoms with Gasteiger partial charge in [-0.05, 0) is 64.5 Å². The van der Waals surface area contributed by atoms with Crippen molar-refractivity contribution in [2.45, 2.75) is 32.2 Å². The third-order valence-electron chi connectivity index (χ3n) is 3.27. The fraction of sp³-hybridized carbons (Fsp3) is 0.692. The summed E-state index contributed by atoms with van der Waals surface area (Å²) in [5, 5.41) is 3.49. The quantitative estimate of drug-likeness (QED) is 0.749. The van der Waals surface area contributed by atoms with Gasteiger partial charge in [0.2, 0.25) is 0 Å². The van der Waals surface area contributed by atoms with E-state index in [1.54, 1.807) is 6.26 Å². The van der Waals surface area contributed by atoms with E-state index in [-0.39, 0.29) is 0 Å². The summed E-state index contributed by atoms with van der Waals surface area (Å²) < 4.78 is 5.35. The predicted molar refractivity (Wildman–Crippen MR) is 65.4 cm³/mol. The first-order valence-corrected chi connectivity index (χ1v) is 6.35. The number of nitrogens with one attached hydrogen (secondary N) is 1. The van der Waals surface area contributed by atoms with Crippen molar-refractivity contribution in [3.05, 3.63) is 24.2 Å². The first-order chi connectivity index (χ1) is 7.86. The third-order valence-corrected chi connectivity index (χ3v) is 3.27. The molecule has 1 saturated heterocycles. The third kappa shape index (κ3) is 3.35. The second kappa shape index (κ2) is 6.06. The molecular formula is C13H22N2O. The molecule has 1 aliphatic rings. The summed E-state index contributed by atoms with van der Waals surface area (Å²) in [6.45, 7) is 7.05. The van der Waals surface area contributed by atoms with Crippen molar-refractivity contribution in [1.82, 2.24) is 10.2 Å². The summed E-state index contributed by atoms with van der Waals surface area (Å²) in [6, 6.07) is 4.30. The molecule has 1 aliphatic heterocycles. The van der Waals surface area contributed by atoms with Crippen LogP contribution in [0.25, 0.3) is 0 Å². The number of hydrogen-bond donors (Lipinski definition) is 1. The molecule has 0 saturated carbocycles. The number of rotatable bonds is 6. The van der Waals surface area contributed by atoms with Crippen LogP contribution in [-0.2, 0) is 0 Å². The lowest BCUT2D eigenvalue weighted by Gasteiger charge is -2.16. The van der Waals surface area contributed by atoms with Crippen molar-refractivity contribution in [2.75, 3.05) is 26.2 Å². The van der Waals surface area contributed by atoms with Gasteiger partial charge in [-0.15, -0.1) is 0 Å². The van der Waals surface area contributed by atoms with E-state index in [0.717, 1.165) is 12.3 Å². The molecule has 2 rings (SSSR count). The van der Waals surface area contributed by atoms with Gasteiger partial charge < -0.3 is 14.6 Å². The van der Waals surface area contributed by atoms with E-state index in [0.29, 0.717) is 6.04 Å². The fourth-order valence-electron chi connectivity index (χ4n) is 2.27. The Hall–Kier alpha value is -0.800. The maximum Gasteiger partial charge on any atom is 0.120 e. The molecule has 3 nitrogen and oxygen atoms in total. The zero-order valence-electron chi connectivity index (χ0n) is 10.1. The molecule has 3 heteroatoms. The lowest BCUT2D eigenvalue weighted by atomic mass is 10.2. The predicted octanol–water partition coefficient (Wildman–Crippen LogP) is 2.42. The Morgan fingerprint density at radius 3 is 2.94 bits per heavy atom. The lowest BCUT2D eigenvalue weighted by molar-refractivity contribution is 0.325. The van der Waals surface area contributed by atoms with Gasteiger partial charge in [0, 0.05) is 0 Å². The first kappa shape index (κ1) is 11.7. The molecule has 90 valence electrons. The molecule has 0 aromatic carbocycles. The van der Waals surface area contributed by atoms with E-state index < -0.39 is 0 Å². The van der Waals surface area contributed by atoms with Crippen molar-refractivity contribution < 1.29 is 4.42 Å². The summed E-state index contributed by atoms with van der Waals surface area (Å²) in [4.78, 5) is 2.55. The molecule has 1 atom stereocenters. The van der Waals surface area contributed by atoms with Crippen molar-refractivity contribution >= 4 is 0 Å². The van der Waals surface area contributed by atoms with Crippen molar-refractivity contribution in [3.8, 4) is 0 Å². The summed E-state index contributed by atoms with van der Waals surface area (Å²) in [7, 11) is 0. The molecule has 0 unspecified atom stereocenters. The van der Waals surface area contributed by atoms with E-state index >= 15 is 0 Å². The van der Waals surface area contributed by atoms with Crippen LogP contribution in [0.15, 0.2) is 22.8 Å². The minimum atomic E-state index is 0.327. The van der Waals surface area contributed by atoms with E-state index in [1.165, 1.54) is 38.9 Å². The van der Waals surface area contributed by atoms with Gasteiger partial charge >= 0.3 is 0 Å². The minimum absolute atomic E-state index is 0.327. The molecule has 0 bridgehead atoms. The Morgan fingerprint density at radius 2 is 2.25 bits per heavy atom. The maximum absolute atomic E-state index is 5.35. The van der Waals surface area contributed by atoms with Crippen LogP contribution in [0.3, 0.4) is 0 Å². The highest BCUT2D eigenvalue weighted by atomic mass is 16.3. The first-order valence-electron chi connectivity index (χ1n) is 6.35. The Bertz CT molecular complexity index is 278. The molecular weight excluding hydrogens is 200 g/mol. The zero-order valence-corrected chi connectivity index (χ0v) is 10.1. The molecule has 16 heavy (non-hydrogen) atoms. The molecule has 0 aliphatic carbocycles. The Kier molecular flexibility index (Phi) is 4.43. The van der Waals surface area contributed by atoms with Gasteiger partial charge in [0.15, 0.2) is 0 Å². The van der Waals surface area contributed by atoms with Crippen LogP contribution in [0.5, 0.6) is 0 Å². The lowest BCUT2D eigenvalue weighted by Crippen LogP contribution is -2.26. The highest BCUT2D eigenvalue weighted by molar-refractivity contribution is 5.02.